The van der Waals surface area contributed by atoms with Crippen molar-refractivity contribution in [1.29, 1.82) is 0 Å². The van der Waals surface area contributed by atoms with E-state index in [0.717, 1.165) is 5.56 Å². The average molecular weight is 260 g/mol. The highest BCUT2D eigenvalue weighted by atomic mass is 32.2. The minimum Gasteiger partial charge on any atom is -0.329 e. The standard InChI is InChI=1S/C10H20N4O2S/c1-4-10(5-11)17(15,16)14(3)8-9-6-12-13(2)7-9/h6-7,10H,4-5,8,11H2,1-3H3. The second-order valence-corrected chi connectivity index (χ2v) is 6.41. The van der Waals surface area contributed by atoms with Crippen molar-refractivity contribution in [3.05, 3.63) is 18.0 Å². The lowest BCUT2D eigenvalue weighted by molar-refractivity contribution is 0.453. The summed E-state index contributed by atoms with van der Waals surface area (Å²) in [7, 11) is 0.0496. The highest BCUT2D eigenvalue weighted by Crippen LogP contribution is 2.13. The molecule has 0 aromatic carbocycles. The maximum Gasteiger partial charge on any atom is 0.218 e. The summed E-state index contributed by atoms with van der Waals surface area (Å²) in [6, 6.07) is 0. The van der Waals surface area contributed by atoms with Crippen LogP contribution in [0.1, 0.15) is 18.9 Å². The van der Waals surface area contributed by atoms with E-state index in [2.05, 4.69) is 5.10 Å². The maximum absolute atomic E-state index is 12.1. The van der Waals surface area contributed by atoms with Crippen molar-refractivity contribution < 1.29 is 8.42 Å². The van der Waals surface area contributed by atoms with E-state index < -0.39 is 15.3 Å². The fourth-order valence-electron chi connectivity index (χ4n) is 1.65. The van der Waals surface area contributed by atoms with Gasteiger partial charge in [-0.15, -0.1) is 0 Å². The van der Waals surface area contributed by atoms with Crippen LogP contribution >= 0.6 is 0 Å². The summed E-state index contributed by atoms with van der Waals surface area (Å²) < 4.78 is 27.2. The molecule has 0 bridgehead atoms. The Morgan fingerprint density at radius 1 is 1.59 bits per heavy atom. The summed E-state index contributed by atoms with van der Waals surface area (Å²) in [5.41, 5.74) is 6.35. The molecular formula is C10H20N4O2S. The normalized spacial score (nSPS) is 14.2. The summed E-state index contributed by atoms with van der Waals surface area (Å²) in [4.78, 5) is 0. The van der Waals surface area contributed by atoms with Crippen molar-refractivity contribution in [1.82, 2.24) is 14.1 Å². The highest BCUT2D eigenvalue weighted by molar-refractivity contribution is 7.89. The van der Waals surface area contributed by atoms with Crippen LogP contribution in [0.5, 0.6) is 0 Å². The minimum atomic E-state index is -3.32. The fourth-order valence-corrected chi connectivity index (χ4v) is 3.16. The highest BCUT2D eigenvalue weighted by Gasteiger charge is 2.27. The molecule has 17 heavy (non-hydrogen) atoms. The largest absolute Gasteiger partial charge is 0.329 e. The van der Waals surface area contributed by atoms with E-state index in [4.69, 9.17) is 5.73 Å². The van der Waals surface area contributed by atoms with Gasteiger partial charge in [0.05, 0.1) is 11.4 Å². The summed E-state index contributed by atoms with van der Waals surface area (Å²) >= 11 is 0. The van der Waals surface area contributed by atoms with Gasteiger partial charge in [-0.3, -0.25) is 4.68 Å². The summed E-state index contributed by atoms with van der Waals surface area (Å²) in [5, 5.41) is 3.50. The lowest BCUT2D eigenvalue weighted by Gasteiger charge is -2.22. The molecule has 0 amide bonds. The van der Waals surface area contributed by atoms with Crippen molar-refractivity contribution in [3.63, 3.8) is 0 Å². The van der Waals surface area contributed by atoms with Gasteiger partial charge in [-0.05, 0) is 6.42 Å². The zero-order chi connectivity index (χ0) is 13.1. The molecule has 7 heteroatoms. The van der Waals surface area contributed by atoms with Gasteiger partial charge in [0.2, 0.25) is 10.0 Å². The molecule has 1 heterocycles. The first kappa shape index (κ1) is 14.1. The van der Waals surface area contributed by atoms with E-state index in [1.807, 2.05) is 6.92 Å². The third-order valence-corrected chi connectivity index (χ3v) is 5.10. The van der Waals surface area contributed by atoms with Gasteiger partial charge in [-0.25, -0.2) is 12.7 Å². The van der Waals surface area contributed by atoms with Gasteiger partial charge in [0.25, 0.3) is 0 Å². The van der Waals surface area contributed by atoms with Crippen molar-refractivity contribution in [2.75, 3.05) is 13.6 Å². The molecular weight excluding hydrogens is 240 g/mol. The van der Waals surface area contributed by atoms with E-state index in [0.29, 0.717) is 13.0 Å². The molecule has 1 aromatic heterocycles. The second-order valence-electron chi connectivity index (χ2n) is 4.09. The summed E-state index contributed by atoms with van der Waals surface area (Å²) in [6.07, 6.45) is 3.99. The van der Waals surface area contributed by atoms with Crippen molar-refractivity contribution in [2.24, 2.45) is 12.8 Å². The zero-order valence-corrected chi connectivity index (χ0v) is 11.3. The smallest absolute Gasteiger partial charge is 0.218 e. The predicted octanol–water partition coefficient (Wildman–Crippen LogP) is -0.0810. The molecule has 0 aliphatic heterocycles. The number of nitrogens with two attached hydrogens (primary N) is 1. The van der Waals surface area contributed by atoms with Gasteiger partial charge in [0.15, 0.2) is 0 Å². The molecule has 0 aliphatic carbocycles. The van der Waals surface area contributed by atoms with Crippen LogP contribution in [0.25, 0.3) is 0 Å². The number of hydrogen-bond acceptors (Lipinski definition) is 4. The molecule has 0 fully saturated rings. The van der Waals surface area contributed by atoms with Crippen LogP contribution in [-0.4, -0.2) is 41.3 Å². The molecule has 0 spiro atoms. The minimum absolute atomic E-state index is 0.149. The van der Waals surface area contributed by atoms with Crippen LogP contribution in [0.4, 0.5) is 0 Å². The number of rotatable bonds is 6. The average Bonchev–Trinajstić information content (AvgIpc) is 2.65. The SMILES string of the molecule is CCC(CN)S(=O)(=O)N(C)Cc1cnn(C)c1. The van der Waals surface area contributed by atoms with Crippen molar-refractivity contribution in [2.45, 2.75) is 25.1 Å². The van der Waals surface area contributed by atoms with E-state index in [9.17, 15) is 8.42 Å². The van der Waals surface area contributed by atoms with Crippen LogP contribution in [0.3, 0.4) is 0 Å². The summed E-state index contributed by atoms with van der Waals surface area (Å²) in [5.74, 6) is 0. The predicted molar refractivity (Wildman–Crippen MR) is 66.7 cm³/mol. The Kier molecular flexibility index (Phi) is 4.67. The van der Waals surface area contributed by atoms with Crippen LogP contribution in [0.15, 0.2) is 12.4 Å². The van der Waals surface area contributed by atoms with Crippen molar-refractivity contribution >= 4 is 10.0 Å². The summed E-state index contributed by atoms with van der Waals surface area (Å²) in [6.45, 7) is 2.30. The first-order chi connectivity index (χ1) is 7.91. The van der Waals surface area contributed by atoms with Gasteiger partial charge >= 0.3 is 0 Å². The van der Waals surface area contributed by atoms with E-state index >= 15 is 0 Å². The Morgan fingerprint density at radius 3 is 2.65 bits per heavy atom. The Labute approximate surface area is 102 Å². The topological polar surface area (TPSA) is 81.2 Å². The molecule has 98 valence electrons. The molecule has 0 radical (unpaired) electrons. The van der Waals surface area contributed by atoms with E-state index in [1.54, 1.807) is 31.2 Å². The lowest BCUT2D eigenvalue weighted by Crippen LogP contribution is -2.39. The number of aromatic nitrogens is 2. The van der Waals surface area contributed by atoms with Crippen LogP contribution in [-0.2, 0) is 23.6 Å². The fraction of sp³-hybridized carbons (Fsp3) is 0.700. The molecule has 0 saturated heterocycles. The first-order valence-electron chi connectivity index (χ1n) is 5.54. The zero-order valence-electron chi connectivity index (χ0n) is 10.5. The molecule has 1 aromatic rings. The quantitative estimate of drug-likeness (QED) is 0.775. The molecule has 6 nitrogen and oxygen atoms in total. The van der Waals surface area contributed by atoms with Gasteiger partial charge in [0, 0.05) is 38.9 Å². The van der Waals surface area contributed by atoms with Gasteiger partial charge in [-0.2, -0.15) is 5.10 Å². The lowest BCUT2D eigenvalue weighted by atomic mass is 10.3. The third kappa shape index (κ3) is 3.27. The monoisotopic (exact) mass is 260 g/mol. The van der Waals surface area contributed by atoms with E-state index in [-0.39, 0.29) is 6.54 Å². The maximum atomic E-state index is 12.1. The van der Waals surface area contributed by atoms with Crippen LogP contribution in [0.2, 0.25) is 0 Å². The van der Waals surface area contributed by atoms with Crippen LogP contribution < -0.4 is 5.73 Å². The number of nitrogens with zero attached hydrogens (tertiary/aromatic N) is 3. The van der Waals surface area contributed by atoms with Crippen LogP contribution in [0, 0.1) is 0 Å². The molecule has 0 aliphatic rings. The Balaban J connectivity index is 2.79. The second kappa shape index (κ2) is 5.61. The van der Waals surface area contributed by atoms with Gasteiger partial charge in [-0.1, -0.05) is 6.92 Å². The van der Waals surface area contributed by atoms with Gasteiger partial charge in [0.1, 0.15) is 0 Å². The Bertz CT molecular complexity index is 451. The number of hydrogen-bond donors (Lipinski definition) is 1. The molecule has 1 rings (SSSR count). The van der Waals surface area contributed by atoms with Gasteiger partial charge < -0.3 is 5.73 Å². The number of aryl methyl sites for hydroxylation is 1. The molecule has 1 unspecified atom stereocenters. The Hall–Kier alpha value is -0.920. The molecule has 0 saturated carbocycles. The Morgan fingerprint density at radius 2 is 2.24 bits per heavy atom. The molecule has 1 atom stereocenters. The third-order valence-electron chi connectivity index (χ3n) is 2.74. The molecule has 2 N–H and O–H groups in total. The van der Waals surface area contributed by atoms with Crippen molar-refractivity contribution in [3.8, 4) is 0 Å². The van der Waals surface area contributed by atoms with E-state index in [1.165, 1.54) is 4.31 Å². The first-order valence-corrected chi connectivity index (χ1v) is 7.04. The number of sulfonamides is 1.